The third-order valence-electron chi connectivity index (χ3n) is 6.18. The minimum absolute atomic E-state index is 0.176. The molecule has 0 unspecified atom stereocenters. The maximum absolute atomic E-state index is 13.1. The summed E-state index contributed by atoms with van der Waals surface area (Å²) in [5.41, 5.74) is 4.44. The van der Waals surface area contributed by atoms with E-state index in [4.69, 9.17) is 0 Å². The van der Waals surface area contributed by atoms with Crippen molar-refractivity contribution in [2.75, 3.05) is 0 Å². The first-order valence-corrected chi connectivity index (χ1v) is 10.2. The molecule has 150 valence electrons. The van der Waals surface area contributed by atoms with Crippen molar-refractivity contribution in [3.05, 3.63) is 129 Å². The van der Waals surface area contributed by atoms with Crippen LogP contribution >= 0.6 is 0 Å². The van der Waals surface area contributed by atoms with E-state index in [1.165, 1.54) is 0 Å². The number of ketones is 4. The van der Waals surface area contributed by atoms with E-state index in [9.17, 15) is 19.2 Å². The summed E-state index contributed by atoms with van der Waals surface area (Å²) in [5, 5.41) is 0. The van der Waals surface area contributed by atoms with Gasteiger partial charge in [0.1, 0.15) is 0 Å². The largest absolute Gasteiger partial charge is 0.289 e. The molecule has 2 aliphatic rings. The van der Waals surface area contributed by atoms with Crippen molar-refractivity contribution in [3.8, 4) is 11.1 Å². The highest BCUT2D eigenvalue weighted by molar-refractivity contribution is 6.29. The zero-order valence-electron chi connectivity index (χ0n) is 16.7. The molecule has 4 aromatic rings. The van der Waals surface area contributed by atoms with Crippen LogP contribution in [0.1, 0.15) is 63.7 Å². The molecule has 0 spiro atoms. The van der Waals surface area contributed by atoms with Crippen LogP contribution in [0.4, 0.5) is 0 Å². The van der Waals surface area contributed by atoms with Crippen LogP contribution in [0.3, 0.4) is 0 Å². The summed E-state index contributed by atoms with van der Waals surface area (Å²) in [6.07, 6.45) is 0. The van der Waals surface area contributed by atoms with Crippen molar-refractivity contribution in [2.45, 2.75) is 0 Å². The minimum Gasteiger partial charge on any atom is -0.289 e. The first kappa shape index (κ1) is 18.3. The van der Waals surface area contributed by atoms with Gasteiger partial charge >= 0.3 is 0 Å². The Labute approximate surface area is 183 Å². The molecule has 4 heteroatoms. The molecular formula is C28H14O4. The molecule has 0 saturated heterocycles. The van der Waals surface area contributed by atoms with E-state index in [0.29, 0.717) is 55.6 Å². The highest BCUT2D eigenvalue weighted by atomic mass is 16.1. The molecule has 0 aliphatic heterocycles. The van der Waals surface area contributed by atoms with Crippen molar-refractivity contribution >= 4 is 23.1 Å². The van der Waals surface area contributed by atoms with Gasteiger partial charge in [-0.05, 0) is 35.4 Å². The van der Waals surface area contributed by atoms with Crippen LogP contribution in [0, 0.1) is 0 Å². The number of hydrogen-bond acceptors (Lipinski definition) is 4. The molecule has 0 radical (unpaired) electrons. The summed E-state index contributed by atoms with van der Waals surface area (Å²) < 4.78 is 0. The van der Waals surface area contributed by atoms with Crippen LogP contribution in [0.2, 0.25) is 0 Å². The molecule has 4 aromatic carbocycles. The average molecular weight is 414 g/mol. The topological polar surface area (TPSA) is 68.3 Å². The lowest BCUT2D eigenvalue weighted by Crippen LogP contribution is -2.21. The number of fused-ring (bicyclic) bond motifs is 4. The van der Waals surface area contributed by atoms with Crippen molar-refractivity contribution < 1.29 is 19.2 Å². The quantitative estimate of drug-likeness (QED) is 0.384. The monoisotopic (exact) mass is 414 g/mol. The van der Waals surface area contributed by atoms with E-state index in [-0.39, 0.29) is 23.1 Å². The maximum Gasteiger partial charge on any atom is 0.194 e. The van der Waals surface area contributed by atoms with Gasteiger partial charge in [-0.3, -0.25) is 19.2 Å². The fourth-order valence-corrected chi connectivity index (χ4v) is 4.56. The fraction of sp³-hybridized carbons (Fsp3) is 0. The smallest absolute Gasteiger partial charge is 0.194 e. The Balaban J connectivity index is 1.47. The SMILES string of the molecule is O=C1c2ccccc2C(=O)c2cc(-c3ccc4c(c3)C(=O)c3ccccc3C4=O)ccc21. The van der Waals surface area contributed by atoms with E-state index in [1.807, 2.05) is 0 Å². The van der Waals surface area contributed by atoms with Gasteiger partial charge in [0.25, 0.3) is 0 Å². The number of benzene rings is 4. The average Bonchev–Trinajstić information content (AvgIpc) is 2.85. The molecule has 0 heterocycles. The number of carbonyl (C=O) groups is 4. The summed E-state index contributed by atoms with van der Waals surface area (Å²) in [7, 11) is 0. The van der Waals surface area contributed by atoms with Crippen LogP contribution in [-0.4, -0.2) is 23.1 Å². The normalized spacial score (nSPS) is 13.9. The zero-order chi connectivity index (χ0) is 22.0. The second-order valence-electron chi connectivity index (χ2n) is 7.93. The standard InChI is InChI=1S/C28H14O4/c29-25-17-5-1-3-7-19(17)27(31)23-13-15(9-11-21(23)25)16-10-12-22-24(14-16)28(32)20-8-4-2-6-18(20)26(22)30/h1-14H. The summed E-state index contributed by atoms with van der Waals surface area (Å²) in [6, 6.07) is 23.8. The molecule has 4 nitrogen and oxygen atoms in total. The highest BCUT2D eigenvalue weighted by Gasteiger charge is 2.31. The second kappa shape index (κ2) is 6.53. The minimum atomic E-state index is -0.199. The number of rotatable bonds is 1. The molecule has 32 heavy (non-hydrogen) atoms. The Hall–Kier alpha value is -4.44. The van der Waals surface area contributed by atoms with Gasteiger partial charge in [-0.1, -0.05) is 60.7 Å². The predicted molar refractivity (Wildman–Crippen MR) is 118 cm³/mol. The number of carbonyl (C=O) groups excluding carboxylic acids is 4. The first-order valence-electron chi connectivity index (χ1n) is 10.2. The Morgan fingerprint density at radius 1 is 0.312 bits per heavy atom. The lowest BCUT2D eigenvalue weighted by molar-refractivity contribution is 0.0979. The van der Waals surface area contributed by atoms with Crippen LogP contribution in [0.15, 0.2) is 84.9 Å². The van der Waals surface area contributed by atoms with E-state index in [1.54, 1.807) is 84.9 Å². The first-order chi connectivity index (χ1) is 15.5. The Morgan fingerprint density at radius 3 is 0.938 bits per heavy atom. The van der Waals surface area contributed by atoms with Crippen molar-refractivity contribution in [1.82, 2.24) is 0 Å². The molecule has 0 amide bonds. The molecule has 0 N–H and O–H groups in total. The molecule has 0 saturated carbocycles. The van der Waals surface area contributed by atoms with Crippen LogP contribution < -0.4 is 0 Å². The maximum atomic E-state index is 13.1. The summed E-state index contributed by atoms with van der Waals surface area (Å²) in [5.74, 6) is -0.750. The van der Waals surface area contributed by atoms with Gasteiger partial charge in [-0.25, -0.2) is 0 Å². The Kier molecular flexibility index (Phi) is 3.74. The Morgan fingerprint density at radius 2 is 0.594 bits per heavy atom. The summed E-state index contributed by atoms with van der Waals surface area (Å²) >= 11 is 0. The number of hydrogen-bond donors (Lipinski definition) is 0. The molecule has 6 rings (SSSR count). The third-order valence-corrected chi connectivity index (χ3v) is 6.18. The van der Waals surface area contributed by atoms with Gasteiger partial charge in [0.2, 0.25) is 0 Å². The molecular weight excluding hydrogens is 400 g/mol. The van der Waals surface area contributed by atoms with Crippen LogP contribution in [0.25, 0.3) is 11.1 Å². The van der Waals surface area contributed by atoms with Crippen molar-refractivity contribution in [2.24, 2.45) is 0 Å². The van der Waals surface area contributed by atoms with Gasteiger partial charge < -0.3 is 0 Å². The Bertz CT molecular complexity index is 1420. The van der Waals surface area contributed by atoms with Crippen LogP contribution in [-0.2, 0) is 0 Å². The van der Waals surface area contributed by atoms with Gasteiger partial charge in [-0.2, -0.15) is 0 Å². The molecule has 0 fully saturated rings. The highest BCUT2D eigenvalue weighted by Crippen LogP contribution is 2.34. The lowest BCUT2D eigenvalue weighted by Gasteiger charge is -2.20. The zero-order valence-corrected chi connectivity index (χ0v) is 16.7. The third kappa shape index (κ3) is 2.44. The van der Waals surface area contributed by atoms with Gasteiger partial charge in [-0.15, -0.1) is 0 Å². The second-order valence-corrected chi connectivity index (χ2v) is 7.93. The fourth-order valence-electron chi connectivity index (χ4n) is 4.56. The molecule has 2 aliphatic carbocycles. The van der Waals surface area contributed by atoms with E-state index >= 15 is 0 Å². The predicted octanol–water partition coefficient (Wildman–Crippen LogP) is 4.90. The molecule has 0 atom stereocenters. The van der Waals surface area contributed by atoms with E-state index in [0.717, 1.165) is 0 Å². The summed E-state index contributed by atoms with van der Waals surface area (Å²) in [6.45, 7) is 0. The van der Waals surface area contributed by atoms with Crippen molar-refractivity contribution in [3.63, 3.8) is 0 Å². The van der Waals surface area contributed by atoms with Gasteiger partial charge in [0, 0.05) is 44.5 Å². The van der Waals surface area contributed by atoms with Crippen molar-refractivity contribution in [1.29, 1.82) is 0 Å². The van der Waals surface area contributed by atoms with E-state index in [2.05, 4.69) is 0 Å². The van der Waals surface area contributed by atoms with Gasteiger partial charge in [0.05, 0.1) is 0 Å². The molecule has 0 aromatic heterocycles. The summed E-state index contributed by atoms with van der Waals surface area (Å²) in [4.78, 5) is 51.8. The van der Waals surface area contributed by atoms with Crippen LogP contribution in [0.5, 0.6) is 0 Å². The van der Waals surface area contributed by atoms with E-state index < -0.39 is 0 Å². The van der Waals surface area contributed by atoms with Gasteiger partial charge in [0.15, 0.2) is 23.1 Å². The lowest BCUT2D eigenvalue weighted by atomic mass is 9.81. The molecule has 0 bridgehead atoms.